The molecule has 1 aliphatic rings. The maximum absolute atomic E-state index is 9.21. The van der Waals surface area contributed by atoms with E-state index in [0.29, 0.717) is 0 Å². The number of ether oxygens (including phenoxy) is 1. The zero-order chi connectivity index (χ0) is 8.43. The SMILES string of the molecule is CN[C@H]1[C@@H](O)COC(O)[C@@H]1O. The van der Waals surface area contributed by atoms with Gasteiger partial charge in [-0.25, -0.2) is 0 Å². The Hall–Kier alpha value is -0.200. The van der Waals surface area contributed by atoms with E-state index in [1.54, 1.807) is 7.05 Å². The molecule has 0 amide bonds. The summed E-state index contributed by atoms with van der Waals surface area (Å²) in [4.78, 5) is 0. The lowest BCUT2D eigenvalue weighted by Crippen LogP contribution is -2.58. The van der Waals surface area contributed by atoms with Crippen molar-refractivity contribution in [2.45, 2.75) is 24.5 Å². The summed E-state index contributed by atoms with van der Waals surface area (Å²) in [5, 5.41) is 30.1. The third-order valence-corrected chi connectivity index (χ3v) is 1.85. The predicted octanol–water partition coefficient (Wildman–Crippen LogP) is -2.36. The Labute approximate surface area is 64.6 Å². The molecule has 4 N–H and O–H groups in total. The van der Waals surface area contributed by atoms with Crippen molar-refractivity contribution in [3.63, 3.8) is 0 Å². The molecule has 0 bridgehead atoms. The van der Waals surface area contributed by atoms with Gasteiger partial charge >= 0.3 is 0 Å². The van der Waals surface area contributed by atoms with Crippen molar-refractivity contribution in [2.24, 2.45) is 0 Å². The highest BCUT2D eigenvalue weighted by Crippen LogP contribution is 2.12. The van der Waals surface area contributed by atoms with Crippen LogP contribution in [0.3, 0.4) is 0 Å². The number of aliphatic hydroxyl groups is 3. The van der Waals surface area contributed by atoms with Crippen LogP contribution in [-0.4, -0.2) is 53.5 Å². The van der Waals surface area contributed by atoms with Crippen molar-refractivity contribution in [3.05, 3.63) is 0 Å². The van der Waals surface area contributed by atoms with E-state index in [0.717, 1.165) is 0 Å². The number of likely N-dealkylation sites (N-methyl/N-ethyl adjacent to an activating group) is 1. The van der Waals surface area contributed by atoms with Crippen LogP contribution in [0.5, 0.6) is 0 Å². The van der Waals surface area contributed by atoms with Crippen molar-refractivity contribution in [1.29, 1.82) is 0 Å². The highest BCUT2D eigenvalue weighted by atomic mass is 16.6. The first-order chi connectivity index (χ1) is 5.16. The molecule has 0 aromatic heterocycles. The van der Waals surface area contributed by atoms with Crippen LogP contribution in [0.2, 0.25) is 0 Å². The van der Waals surface area contributed by atoms with E-state index >= 15 is 0 Å². The first-order valence-electron chi connectivity index (χ1n) is 3.50. The summed E-state index contributed by atoms with van der Waals surface area (Å²) in [7, 11) is 1.61. The molecule has 1 heterocycles. The summed E-state index contributed by atoms with van der Waals surface area (Å²) in [6, 6.07) is -0.515. The molecule has 1 saturated heterocycles. The van der Waals surface area contributed by atoms with Gasteiger partial charge < -0.3 is 25.4 Å². The fourth-order valence-corrected chi connectivity index (χ4v) is 1.17. The molecule has 0 spiro atoms. The predicted molar refractivity (Wildman–Crippen MR) is 36.8 cm³/mol. The Balaban J connectivity index is 2.55. The topological polar surface area (TPSA) is 82.0 Å². The van der Waals surface area contributed by atoms with Crippen LogP contribution in [-0.2, 0) is 4.74 Å². The van der Waals surface area contributed by atoms with Crippen LogP contribution in [0.25, 0.3) is 0 Å². The summed E-state index contributed by atoms with van der Waals surface area (Å²) in [6.07, 6.45) is -3.03. The van der Waals surface area contributed by atoms with Crippen LogP contribution in [0.1, 0.15) is 0 Å². The molecule has 0 saturated carbocycles. The Kier molecular flexibility index (Phi) is 2.80. The van der Waals surface area contributed by atoms with E-state index in [9.17, 15) is 10.2 Å². The van der Waals surface area contributed by atoms with Crippen molar-refractivity contribution in [2.75, 3.05) is 13.7 Å². The molecule has 4 atom stereocenters. The zero-order valence-corrected chi connectivity index (χ0v) is 6.27. The van der Waals surface area contributed by atoms with Crippen LogP contribution in [0.4, 0.5) is 0 Å². The van der Waals surface area contributed by atoms with Crippen molar-refractivity contribution in [1.82, 2.24) is 5.32 Å². The van der Waals surface area contributed by atoms with Gasteiger partial charge in [0.15, 0.2) is 6.29 Å². The van der Waals surface area contributed by atoms with E-state index < -0.39 is 24.5 Å². The zero-order valence-electron chi connectivity index (χ0n) is 6.27. The summed E-state index contributed by atoms with van der Waals surface area (Å²) in [5.41, 5.74) is 0. The highest BCUT2D eigenvalue weighted by molar-refractivity contribution is 4.86. The van der Waals surface area contributed by atoms with Gasteiger partial charge in [0.1, 0.15) is 6.10 Å². The highest BCUT2D eigenvalue weighted by Gasteiger charge is 2.36. The van der Waals surface area contributed by atoms with Crippen LogP contribution in [0, 0.1) is 0 Å². The minimum Gasteiger partial charge on any atom is -0.389 e. The minimum absolute atomic E-state index is 0.0454. The summed E-state index contributed by atoms with van der Waals surface area (Å²) in [6.45, 7) is 0.0454. The smallest absolute Gasteiger partial charge is 0.182 e. The van der Waals surface area contributed by atoms with E-state index in [1.165, 1.54) is 0 Å². The lowest BCUT2D eigenvalue weighted by molar-refractivity contribution is -0.223. The maximum atomic E-state index is 9.21. The van der Waals surface area contributed by atoms with Crippen LogP contribution < -0.4 is 5.32 Å². The average Bonchev–Trinajstić information content (AvgIpc) is 1.99. The van der Waals surface area contributed by atoms with E-state index in [2.05, 4.69) is 10.1 Å². The first-order valence-corrected chi connectivity index (χ1v) is 3.50. The monoisotopic (exact) mass is 163 g/mol. The number of nitrogens with one attached hydrogen (secondary N) is 1. The van der Waals surface area contributed by atoms with E-state index in [4.69, 9.17) is 5.11 Å². The lowest BCUT2D eigenvalue weighted by Gasteiger charge is -2.35. The molecule has 0 radical (unpaired) electrons. The molecule has 0 aromatic rings. The lowest BCUT2D eigenvalue weighted by atomic mass is 10.0. The van der Waals surface area contributed by atoms with Gasteiger partial charge in [-0.1, -0.05) is 0 Å². The van der Waals surface area contributed by atoms with Gasteiger partial charge in [-0.3, -0.25) is 0 Å². The van der Waals surface area contributed by atoms with Crippen LogP contribution >= 0.6 is 0 Å². The molecule has 5 nitrogen and oxygen atoms in total. The summed E-state index contributed by atoms with van der Waals surface area (Å²) >= 11 is 0. The fraction of sp³-hybridized carbons (Fsp3) is 1.00. The Morgan fingerprint density at radius 1 is 1.36 bits per heavy atom. The molecule has 1 aliphatic heterocycles. The van der Waals surface area contributed by atoms with Gasteiger partial charge in [0.25, 0.3) is 0 Å². The second-order valence-corrected chi connectivity index (χ2v) is 2.60. The first kappa shape index (κ1) is 8.89. The van der Waals surface area contributed by atoms with Gasteiger partial charge in [-0.15, -0.1) is 0 Å². The van der Waals surface area contributed by atoms with Crippen molar-refractivity contribution in [3.8, 4) is 0 Å². The molecule has 1 fully saturated rings. The fourth-order valence-electron chi connectivity index (χ4n) is 1.17. The van der Waals surface area contributed by atoms with E-state index in [1.807, 2.05) is 0 Å². The number of aliphatic hydroxyl groups excluding tert-OH is 3. The Morgan fingerprint density at radius 3 is 2.45 bits per heavy atom. The standard InChI is InChI=1S/C6H13NO4/c1-7-4-3(8)2-11-6(10)5(4)9/h3-10H,2H2,1H3/t3-,4-,5+,6?/m0/s1. The molecule has 0 aliphatic carbocycles. The quantitative estimate of drug-likeness (QED) is 0.348. The van der Waals surface area contributed by atoms with Crippen LogP contribution in [0.15, 0.2) is 0 Å². The number of rotatable bonds is 1. The van der Waals surface area contributed by atoms with Gasteiger partial charge in [0, 0.05) is 0 Å². The number of hydrogen-bond acceptors (Lipinski definition) is 5. The normalized spacial score (nSPS) is 45.8. The van der Waals surface area contributed by atoms with Crippen molar-refractivity contribution < 1.29 is 20.1 Å². The van der Waals surface area contributed by atoms with Gasteiger partial charge in [-0.2, -0.15) is 0 Å². The molecular formula is C6H13NO4. The summed E-state index contributed by atoms with van der Waals surface area (Å²) in [5.74, 6) is 0. The Morgan fingerprint density at radius 2 is 2.00 bits per heavy atom. The Bertz CT molecular complexity index is 132. The summed E-state index contributed by atoms with van der Waals surface area (Å²) < 4.78 is 4.65. The molecule has 66 valence electrons. The molecular weight excluding hydrogens is 150 g/mol. The minimum atomic E-state index is -1.20. The molecule has 1 rings (SSSR count). The third kappa shape index (κ3) is 1.69. The van der Waals surface area contributed by atoms with E-state index in [-0.39, 0.29) is 6.61 Å². The molecule has 11 heavy (non-hydrogen) atoms. The van der Waals surface area contributed by atoms with Gasteiger partial charge in [-0.05, 0) is 7.05 Å². The molecule has 0 aromatic carbocycles. The van der Waals surface area contributed by atoms with Gasteiger partial charge in [0.05, 0.1) is 18.8 Å². The average molecular weight is 163 g/mol. The second-order valence-electron chi connectivity index (χ2n) is 2.60. The van der Waals surface area contributed by atoms with Crippen molar-refractivity contribution >= 4 is 0 Å². The molecule has 5 heteroatoms. The third-order valence-electron chi connectivity index (χ3n) is 1.85. The van der Waals surface area contributed by atoms with Gasteiger partial charge in [0.2, 0.25) is 0 Å². The molecule has 1 unspecified atom stereocenters. The number of hydrogen-bond donors (Lipinski definition) is 4. The second kappa shape index (κ2) is 3.46. The maximum Gasteiger partial charge on any atom is 0.182 e. The largest absolute Gasteiger partial charge is 0.389 e.